The summed E-state index contributed by atoms with van der Waals surface area (Å²) in [5, 5.41) is 0. The Morgan fingerprint density at radius 2 is 1.72 bits per heavy atom. The maximum atomic E-state index is 5.96. The van der Waals surface area contributed by atoms with Crippen LogP contribution < -0.4 is 4.74 Å². The molecule has 0 amide bonds. The van der Waals surface area contributed by atoms with Gasteiger partial charge in [0, 0.05) is 18.4 Å². The van der Waals surface area contributed by atoms with Gasteiger partial charge in [-0.2, -0.15) is 0 Å². The number of methoxy groups -OCH3 is 1. The molecule has 0 N–H and O–H groups in total. The van der Waals surface area contributed by atoms with Gasteiger partial charge in [-0.25, -0.2) is 0 Å². The Kier molecular flexibility index (Phi) is 5.94. The molecule has 1 saturated carbocycles. The lowest BCUT2D eigenvalue weighted by atomic mass is 9.74. The van der Waals surface area contributed by atoms with Crippen LogP contribution in [0.5, 0.6) is 5.75 Å². The zero-order valence-corrected chi connectivity index (χ0v) is 16.0. The van der Waals surface area contributed by atoms with E-state index in [1.165, 1.54) is 31.5 Å². The van der Waals surface area contributed by atoms with Crippen LogP contribution in [0.25, 0.3) is 0 Å². The Bertz CT molecular complexity index is 558. The molecule has 4 nitrogen and oxygen atoms in total. The quantitative estimate of drug-likeness (QED) is 0.809. The lowest BCUT2D eigenvalue weighted by molar-refractivity contribution is -0.193. The number of likely N-dealkylation sites (tertiary alicyclic amines) is 1. The first kappa shape index (κ1) is 19.0. The van der Waals surface area contributed by atoms with Gasteiger partial charge in [-0.05, 0) is 62.9 Å². The Morgan fingerprint density at radius 3 is 2.36 bits per heavy atom. The van der Waals surface area contributed by atoms with Gasteiger partial charge in [0.05, 0.1) is 20.3 Å². The summed E-state index contributed by atoms with van der Waals surface area (Å²) < 4.78 is 17.4. The van der Waals surface area contributed by atoms with E-state index in [4.69, 9.17) is 14.2 Å². The molecule has 2 aliphatic heterocycles. The molecule has 140 valence electrons. The molecule has 0 atom stereocenters. The monoisotopic (exact) mass is 367 g/mol. The van der Waals surface area contributed by atoms with Gasteiger partial charge in [-0.1, -0.05) is 12.1 Å². The molecule has 0 bridgehead atoms. The standard InChI is InChI=1S/C20H29NO3.ClH/c1-22-18-6-4-5-17(15-18)16-19(21-11-2-3-12-21)7-9-20(10-8-19)23-13-14-24-20;/h4-6,15H,2-3,7-14,16H2,1H3;1H. The number of nitrogens with zero attached hydrogens (tertiary/aromatic N) is 1. The molecule has 3 aliphatic rings. The predicted octanol–water partition coefficient (Wildman–Crippen LogP) is 3.81. The Labute approximate surface area is 157 Å². The second-order valence-electron chi connectivity index (χ2n) is 7.55. The highest BCUT2D eigenvalue weighted by Crippen LogP contribution is 2.45. The third-order valence-corrected chi connectivity index (χ3v) is 6.20. The van der Waals surface area contributed by atoms with E-state index in [0.29, 0.717) is 0 Å². The van der Waals surface area contributed by atoms with Crippen molar-refractivity contribution < 1.29 is 14.2 Å². The lowest BCUT2D eigenvalue weighted by Gasteiger charge is -2.49. The van der Waals surface area contributed by atoms with Gasteiger partial charge >= 0.3 is 0 Å². The minimum absolute atomic E-state index is 0. The van der Waals surface area contributed by atoms with Crippen LogP contribution in [0.4, 0.5) is 0 Å². The first-order valence-corrected chi connectivity index (χ1v) is 9.40. The van der Waals surface area contributed by atoms with Crippen molar-refractivity contribution in [2.45, 2.75) is 56.3 Å². The zero-order valence-electron chi connectivity index (χ0n) is 15.2. The highest BCUT2D eigenvalue weighted by atomic mass is 35.5. The fourth-order valence-electron chi connectivity index (χ4n) is 4.84. The zero-order chi connectivity index (χ0) is 16.5. The third kappa shape index (κ3) is 3.82. The first-order valence-electron chi connectivity index (χ1n) is 9.40. The highest BCUT2D eigenvalue weighted by molar-refractivity contribution is 5.85. The number of benzene rings is 1. The molecular weight excluding hydrogens is 338 g/mol. The van der Waals surface area contributed by atoms with E-state index in [9.17, 15) is 0 Å². The van der Waals surface area contributed by atoms with Crippen LogP contribution in [0.3, 0.4) is 0 Å². The van der Waals surface area contributed by atoms with E-state index < -0.39 is 0 Å². The molecule has 3 fully saturated rings. The molecular formula is C20H30ClNO3. The van der Waals surface area contributed by atoms with Gasteiger partial charge in [0.1, 0.15) is 5.75 Å². The average molecular weight is 368 g/mol. The van der Waals surface area contributed by atoms with Crippen molar-refractivity contribution in [2.24, 2.45) is 0 Å². The topological polar surface area (TPSA) is 30.9 Å². The Balaban J connectivity index is 0.00000182. The average Bonchev–Trinajstić information content (AvgIpc) is 3.30. The van der Waals surface area contributed by atoms with Crippen molar-refractivity contribution in [3.63, 3.8) is 0 Å². The van der Waals surface area contributed by atoms with Crippen molar-refractivity contribution in [1.82, 2.24) is 4.90 Å². The summed E-state index contributed by atoms with van der Waals surface area (Å²) in [6.07, 6.45) is 8.12. The fraction of sp³-hybridized carbons (Fsp3) is 0.700. The molecule has 0 unspecified atom stereocenters. The van der Waals surface area contributed by atoms with E-state index in [2.05, 4.69) is 23.1 Å². The minimum atomic E-state index is -0.280. The molecule has 1 aromatic carbocycles. The second-order valence-corrected chi connectivity index (χ2v) is 7.55. The lowest BCUT2D eigenvalue weighted by Crippen LogP contribution is -2.54. The van der Waals surface area contributed by atoms with Gasteiger partial charge in [-0.3, -0.25) is 4.90 Å². The van der Waals surface area contributed by atoms with Crippen LogP contribution in [0.15, 0.2) is 24.3 Å². The van der Waals surface area contributed by atoms with Crippen LogP contribution in [-0.4, -0.2) is 49.6 Å². The summed E-state index contributed by atoms with van der Waals surface area (Å²) in [5.74, 6) is 0.677. The van der Waals surface area contributed by atoms with Gasteiger partial charge < -0.3 is 14.2 Å². The largest absolute Gasteiger partial charge is 0.497 e. The van der Waals surface area contributed by atoms with Crippen LogP contribution in [0.2, 0.25) is 0 Å². The van der Waals surface area contributed by atoms with Gasteiger partial charge in [0.2, 0.25) is 0 Å². The normalized spacial score (nSPS) is 25.0. The van der Waals surface area contributed by atoms with Crippen LogP contribution in [0, 0.1) is 0 Å². The summed E-state index contributed by atoms with van der Waals surface area (Å²) in [6, 6.07) is 8.58. The summed E-state index contributed by atoms with van der Waals surface area (Å²) in [6.45, 7) is 3.98. The molecule has 1 spiro atoms. The van der Waals surface area contributed by atoms with Crippen molar-refractivity contribution in [3.05, 3.63) is 29.8 Å². The maximum Gasteiger partial charge on any atom is 0.168 e. The Hall–Kier alpha value is -0.810. The van der Waals surface area contributed by atoms with E-state index in [-0.39, 0.29) is 23.7 Å². The molecule has 5 heteroatoms. The van der Waals surface area contributed by atoms with Crippen LogP contribution >= 0.6 is 12.4 Å². The Morgan fingerprint density at radius 1 is 1.04 bits per heavy atom. The van der Waals surface area contributed by atoms with E-state index >= 15 is 0 Å². The summed E-state index contributed by atoms with van der Waals surface area (Å²) in [7, 11) is 1.74. The van der Waals surface area contributed by atoms with Crippen LogP contribution in [-0.2, 0) is 15.9 Å². The minimum Gasteiger partial charge on any atom is -0.497 e. The van der Waals surface area contributed by atoms with Gasteiger partial charge in [0.15, 0.2) is 5.79 Å². The molecule has 4 rings (SSSR count). The van der Waals surface area contributed by atoms with Gasteiger partial charge in [0.25, 0.3) is 0 Å². The molecule has 25 heavy (non-hydrogen) atoms. The van der Waals surface area contributed by atoms with Crippen LogP contribution in [0.1, 0.15) is 44.1 Å². The fourth-order valence-corrected chi connectivity index (χ4v) is 4.84. The third-order valence-electron chi connectivity index (χ3n) is 6.20. The summed E-state index contributed by atoms with van der Waals surface area (Å²) in [5.41, 5.74) is 1.63. The molecule has 0 aromatic heterocycles. The van der Waals surface area contributed by atoms with Crippen molar-refractivity contribution >= 4 is 12.4 Å². The summed E-state index contributed by atoms with van der Waals surface area (Å²) >= 11 is 0. The second kappa shape index (κ2) is 7.83. The smallest absolute Gasteiger partial charge is 0.168 e. The highest BCUT2D eigenvalue weighted by Gasteiger charge is 2.49. The predicted molar refractivity (Wildman–Crippen MR) is 101 cm³/mol. The maximum absolute atomic E-state index is 5.96. The number of halogens is 1. The molecule has 2 saturated heterocycles. The van der Waals surface area contributed by atoms with E-state index in [1.807, 2.05) is 6.07 Å². The number of rotatable bonds is 4. The number of ether oxygens (including phenoxy) is 3. The number of hydrogen-bond donors (Lipinski definition) is 0. The molecule has 2 heterocycles. The number of hydrogen-bond acceptors (Lipinski definition) is 4. The molecule has 1 aliphatic carbocycles. The van der Waals surface area contributed by atoms with Gasteiger partial charge in [-0.15, -0.1) is 12.4 Å². The van der Waals surface area contributed by atoms with Crippen molar-refractivity contribution in [3.8, 4) is 5.75 Å². The van der Waals surface area contributed by atoms with Crippen molar-refractivity contribution in [2.75, 3.05) is 33.4 Å². The first-order chi connectivity index (χ1) is 11.7. The summed E-state index contributed by atoms with van der Waals surface area (Å²) in [4.78, 5) is 2.74. The SMILES string of the molecule is COc1cccc(CC2(N3CCCC3)CCC3(CC2)OCCO3)c1.Cl. The van der Waals surface area contributed by atoms with E-state index in [0.717, 1.165) is 51.1 Å². The molecule has 0 radical (unpaired) electrons. The van der Waals surface area contributed by atoms with Crippen molar-refractivity contribution in [1.29, 1.82) is 0 Å². The van der Waals surface area contributed by atoms with E-state index in [1.54, 1.807) is 7.11 Å². The molecule has 1 aromatic rings.